The first-order valence-corrected chi connectivity index (χ1v) is 6.62. The lowest BCUT2D eigenvalue weighted by atomic mass is 9.85. The van der Waals surface area contributed by atoms with Gasteiger partial charge in [-0.2, -0.15) is 0 Å². The molecule has 2 N–H and O–H groups in total. The molecule has 1 aromatic rings. The SMILES string of the molecule is Nc1cc(Cl)cc(C(=O)CC2CCCCC2)c1. The van der Waals surface area contributed by atoms with Crippen LogP contribution in [0.1, 0.15) is 48.9 Å². The van der Waals surface area contributed by atoms with Gasteiger partial charge in [-0.15, -0.1) is 0 Å². The zero-order valence-electron chi connectivity index (χ0n) is 9.92. The van der Waals surface area contributed by atoms with Crippen molar-refractivity contribution in [1.29, 1.82) is 0 Å². The van der Waals surface area contributed by atoms with Crippen LogP contribution in [0.3, 0.4) is 0 Å². The van der Waals surface area contributed by atoms with Crippen LogP contribution in [0.15, 0.2) is 18.2 Å². The average Bonchev–Trinajstić information content (AvgIpc) is 2.29. The van der Waals surface area contributed by atoms with Gasteiger partial charge in [-0.05, 0) is 24.1 Å². The highest BCUT2D eigenvalue weighted by Gasteiger charge is 2.18. The van der Waals surface area contributed by atoms with E-state index < -0.39 is 0 Å². The standard InChI is InChI=1S/C14H18ClNO/c15-12-7-11(8-13(16)9-12)14(17)6-10-4-2-1-3-5-10/h7-10H,1-6,16H2. The highest BCUT2D eigenvalue weighted by Crippen LogP contribution is 2.28. The van der Waals surface area contributed by atoms with Gasteiger partial charge in [0.15, 0.2) is 5.78 Å². The first-order chi connectivity index (χ1) is 8.15. The average molecular weight is 252 g/mol. The summed E-state index contributed by atoms with van der Waals surface area (Å²) in [5.74, 6) is 0.725. The van der Waals surface area contributed by atoms with Gasteiger partial charge in [0, 0.05) is 22.7 Å². The number of halogens is 1. The van der Waals surface area contributed by atoms with E-state index in [9.17, 15) is 4.79 Å². The second-order valence-corrected chi connectivity index (χ2v) is 5.34. The number of Topliss-reactive ketones (excluding diaryl/α,β-unsaturated/α-hetero) is 1. The lowest BCUT2D eigenvalue weighted by Crippen LogP contribution is -2.12. The molecule has 1 aliphatic carbocycles. The van der Waals surface area contributed by atoms with Crippen molar-refractivity contribution >= 4 is 23.1 Å². The van der Waals surface area contributed by atoms with Gasteiger partial charge in [0.25, 0.3) is 0 Å². The smallest absolute Gasteiger partial charge is 0.163 e. The topological polar surface area (TPSA) is 43.1 Å². The van der Waals surface area contributed by atoms with Gasteiger partial charge in [0.2, 0.25) is 0 Å². The van der Waals surface area contributed by atoms with E-state index in [1.807, 2.05) is 0 Å². The summed E-state index contributed by atoms with van der Waals surface area (Å²) < 4.78 is 0. The summed E-state index contributed by atoms with van der Waals surface area (Å²) in [7, 11) is 0. The molecule has 0 atom stereocenters. The minimum atomic E-state index is 0.172. The van der Waals surface area contributed by atoms with Crippen molar-refractivity contribution in [3.63, 3.8) is 0 Å². The molecule has 0 bridgehead atoms. The fraction of sp³-hybridized carbons (Fsp3) is 0.500. The number of nitrogens with two attached hydrogens (primary N) is 1. The molecule has 1 aliphatic rings. The van der Waals surface area contributed by atoms with Crippen molar-refractivity contribution in [2.24, 2.45) is 5.92 Å². The van der Waals surface area contributed by atoms with E-state index in [1.54, 1.807) is 18.2 Å². The maximum atomic E-state index is 12.1. The molecule has 0 heterocycles. The molecule has 3 heteroatoms. The number of nitrogen functional groups attached to an aromatic ring is 1. The Bertz CT molecular complexity index is 390. The van der Waals surface area contributed by atoms with E-state index in [4.69, 9.17) is 17.3 Å². The molecular formula is C14H18ClNO. The Morgan fingerprint density at radius 1 is 1.24 bits per heavy atom. The van der Waals surface area contributed by atoms with Gasteiger partial charge < -0.3 is 5.73 Å². The predicted molar refractivity (Wildman–Crippen MR) is 71.4 cm³/mol. The highest BCUT2D eigenvalue weighted by molar-refractivity contribution is 6.31. The summed E-state index contributed by atoms with van der Waals surface area (Å²) in [6.07, 6.45) is 6.84. The Kier molecular flexibility index (Phi) is 4.06. The number of hydrogen-bond acceptors (Lipinski definition) is 2. The second kappa shape index (κ2) is 5.54. The molecule has 0 amide bonds. The number of rotatable bonds is 3. The molecule has 0 aliphatic heterocycles. The lowest BCUT2D eigenvalue weighted by molar-refractivity contribution is 0.0950. The van der Waals surface area contributed by atoms with Crippen molar-refractivity contribution in [2.45, 2.75) is 38.5 Å². The van der Waals surface area contributed by atoms with Gasteiger partial charge in [-0.25, -0.2) is 0 Å². The van der Waals surface area contributed by atoms with E-state index in [1.165, 1.54) is 32.1 Å². The third-order valence-corrected chi connectivity index (χ3v) is 3.66. The van der Waals surface area contributed by atoms with Crippen LogP contribution in [0.25, 0.3) is 0 Å². The van der Waals surface area contributed by atoms with Gasteiger partial charge in [0.05, 0.1) is 0 Å². The molecule has 1 aromatic carbocycles. The van der Waals surface area contributed by atoms with Gasteiger partial charge in [-0.3, -0.25) is 4.79 Å². The molecule has 92 valence electrons. The fourth-order valence-corrected chi connectivity index (χ4v) is 2.79. The van der Waals surface area contributed by atoms with Crippen LogP contribution < -0.4 is 5.73 Å². The number of hydrogen-bond donors (Lipinski definition) is 1. The number of carbonyl (C=O) groups is 1. The van der Waals surface area contributed by atoms with Gasteiger partial charge in [0.1, 0.15) is 0 Å². The van der Waals surface area contributed by atoms with Crippen LogP contribution >= 0.6 is 11.6 Å². The normalized spacial score (nSPS) is 17.0. The summed E-state index contributed by atoms with van der Waals surface area (Å²) in [6, 6.07) is 5.10. The zero-order chi connectivity index (χ0) is 12.3. The van der Waals surface area contributed by atoms with Crippen LogP contribution in [0.5, 0.6) is 0 Å². The molecule has 0 saturated heterocycles. The van der Waals surface area contributed by atoms with Gasteiger partial charge >= 0.3 is 0 Å². The van der Waals surface area contributed by atoms with Crippen molar-refractivity contribution < 1.29 is 4.79 Å². The monoisotopic (exact) mass is 251 g/mol. The molecule has 17 heavy (non-hydrogen) atoms. The molecule has 0 spiro atoms. The number of anilines is 1. The highest BCUT2D eigenvalue weighted by atomic mass is 35.5. The van der Waals surface area contributed by atoms with E-state index in [0.29, 0.717) is 28.6 Å². The largest absolute Gasteiger partial charge is 0.399 e. The summed E-state index contributed by atoms with van der Waals surface area (Å²) >= 11 is 5.90. The van der Waals surface area contributed by atoms with E-state index in [2.05, 4.69) is 0 Å². The van der Waals surface area contributed by atoms with Crippen molar-refractivity contribution in [1.82, 2.24) is 0 Å². The molecule has 0 unspecified atom stereocenters. The Morgan fingerprint density at radius 3 is 2.59 bits per heavy atom. The van der Waals surface area contributed by atoms with E-state index in [0.717, 1.165) is 0 Å². The molecule has 2 nitrogen and oxygen atoms in total. The maximum Gasteiger partial charge on any atom is 0.163 e. The molecule has 0 aromatic heterocycles. The van der Waals surface area contributed by atoms with Crippen LogP contribution in [0, 0.1) is 5.92 Å². The van der Waals surface area contributed by atoms with Crippen molar-refractivity contribution in [3.8, 4) is 0 Å². The van der Waals surface area contributed by atoms with Crippen LogP contribution in [0.2, 0.25) is 5.02 Å². The number of benzene rings is 1. The summed E-state index contributed by atoms with van der Waals surface area (Å²) in [4.78, 5) is 12.1. The van der Waals surface area contributed by atoms with Crippen molar-refractivity contribution in [3.05, 3.63) is 28.8 Å². The molecule has 2 rings (SSSR count). The molecule has 1 fully saturated rings. The molecule has 0 radical (unpaired) electrons. The minimum Gasteiger partial charge on any atom is -0.399 e. The first kappa shape index (κ1) is 12.4. The quantitative estimate of drug-likeness (QED) is 0.650. The van der Waals surface area contributed by atoms with E-state index in [-0.39, 0.29) is 5.78 Å². The predicted octanol–water partition coefficient (Wildman–Crippen LogP) is 4.08. The van der Waals surface area contributed by atoms with Crippen LogP contribution in [-0.2, 0) is 0 Å². The second-order valence-electron chi connectivity index (χ2n) is 4.90. The number of ketones is 1. The van der Waals surface area contributed by atoms with Crippen LogP contribution in [-0.4, -0.2) is 5.78 Å². The van der Waals surface area contributed by atoms with E-state index >= 15 is 0 Å². The Labute approximate surface area is 107 Å². The third kappa shape index (κ3) is 3.47. The lowest BCUT2D eigenvalue weighted by Gasteiger charge is -2.20. The Morgan fingerprint density at radius 2 is 1.94 bits per heavy atom. The summed E-state index contributed by atoms with van der Waals surface area (Å²) in [5, 5.41) is 0.539. The van der Waals surface area contributed by atoms with Crippen LogP contribution in [0.4, 0.5) is 5.69 Å². The fourth-order valence-electron chi connectivity index (χ4n) is 2.54. The molecule has 1 saturated carbocycles. The zero-order valence-corrected chi connectivity index (χ0v) is 10.7. The number of carbonyl (C=O) groups excluding carboxylic acids is 1. The summed E-state index contributed by atoms with van der Waals surface area (Å²) in [5.41, 5.74) is 6.91. The van der Waals surface area contributed by atoms with Crippen molar-refractivity contribution in [2.75, 3.05) is 5.73 Å². The first-order valence-electron chi connectivity index (χ1n) is 6.24. The van der Waals surface area contributed by atoms with Gasteiger partial charge in [-0.1, -0.05) is 43.7 Å². The third-order valence-electron chi connectivity index (χ3n) is 3.44. The Balaban J connectivity index is 2.03. The Hall–Kier alpha value is -1.02. The minimum absolute atomic E-state index is 0.172. The summed E-state index contributed by atoms with van der Waals surface area (Å²) in [6.45, 7) is 0. The molecular weight excluding hydrogens is 234 g/mol. The maximum absolute atomic E-state index is 12.1.